The van der Waals surface area contributed by atoms with Crippen molar-refractivity contribution in [3.05, 3.63) is 0 Å². The van der Waals surface area contributed by atoms with Crippen LogP contribution in [0.1, 0.15) is 33.1 Å². The largest absolute Gasteiger partial charge is 0.480 e. The monoisotopic (exact) mass is 261 g/mol. The van der Waals surface area contributed by atoms with Gasteiger partial charge in [-0.3, -0.25) is 9.79 Å². The van der Waals surface area contributed by atoms with Gasteiger partial charge >= 0.3 is 5.97 Å². The molecule has 5 nitrogen and oxygen atoms in total. The molecule has 0 unspecified atom stereocenters. The van der Waals surface area contributed by atoms with Crippen LogP contribution in [0.25, 0.3) is 0 Å². The second-order valence-corrected chi connectivity index (χ2v) is 5.81. The van der Waals surface area contributed by atoms with E-state index in [0.29, 0.717) is 30.5 Å². The highest BCUT2D eigenvalue weighted by Gasteiger charge is 2.09. The van der Waals surface area contributed by atoms with Gasteiger partial charge in [0.05, 0.1) is 5.84 Å². The van der Waals surface area contributed by atoms with Crippen molar-refractivity contribution in [2.75, 3.05) is 12.3 Å². The third-order valence-corrected chi connectivity index (χ3v) is 3.22. The zero-order chi connectivity index (χ0) is 13.3. The Morgan fingerprint density at radius 3 is 2.65 bits per heavy atom. The van der Waals surface area contributed by atoms with E-state index in [0.717, 1.165) is 12.2 Å². The maximum Gasteiger partial charge on any atom is 0.320 e. The molecule has 0 bridgehead atoms. The highest BCUT2D eigenvalue weighted by Crippen LogP contribution is 2.09. The molecule has 17 heavy (non-hydrogen) atoms. The van der Waals surface area contributed by atoms with Crippen molar-refractivity contribution in [1.82, 2.24) is 0 Å². The molecule has 0 saturated carbocycles. The van der Waals surface area contributed by atoms with Crippen LogP contribution >= 0.6 is 11.8 Å². The van der Waals surface area contributed by atoms with Crippen molar-refractivity contribution in [1.29, 1.82) is 0 Å². The number of nitrogens with two attached hydrogens (primary N) is 2. The van der Waals surface area contributed by atoms with Crippen LogP contribution in [-0.4, -0.2) is 40.5 Å². The number of amidine groups is 1. The summed E-state index contributed by atoms with van der Waals surface area (Å²) in [6.07, 6.45) is 1.88. The first-order valence-corrected chi connectivity index (χ1v) is 6.87. The molecule has 5 N–H and O–H groups in total. The molecule has 0 aliphatic rings. The third kappa shape index (κ3) is 10.1. The van der Waals surface area contributed by atoms with E-state index in [9.17, 15) is 4.79 Å². The Bertz CT molecular complexity index is 257. The fraction of sp³-hybridized carbons (Fsp3) is 0.818. The van der Waals surface area contributed by atoms with Crippen LogP contribution in [0.2, 0.25) is 0 Å². The molecule has 0 saturated heterocycles. The SMILES string of the molecule is CC(C)SCCC(N)=NCCC[C@H](N)C(=O)O. The number of carboxylic acids is 1. The predicted octanol–water partition coefficient (Wildman–Crippen LogP) is 1.07. The number of aliphatic imine (C=N–C) groups is 1. The van der Waals surface area contributed by atoms with Crippen molar-refractivity contribution in [2.45, 2.75) is 44.4 Å². The van der Waals surface area contributed by atoms with E-state index in [1.807, 2.05) is 11.8 Å². The van der Waals surface area contributed by atoms with Gasteiger partial charge in [0.25, 0.3) is 0 Å². The number of aliphatic carboxylic acids is 1. The van der Waals surface area contributed by atoms with E-state index in [2.05, 4.69) is 18.8 Å². The lowest BCUT2D eigenvalue weighted by Gasteiger charge is -2.05. The fourth-order valence-electron chi connectivity index (χ4n) is 1.14. The van der Waals surface area contributed by atoms with Crippen LogP contribution in [0.5, 0.6) is 0 Å². The van der Waals surface area contributed by atoms with E-state index in [4.69, 9.17) is 16.6 Å². The fourth-order valence-corrected chi connectivity index (χ4v) is 1.93. The molecule has 0 radical (unpaired) electrons. The Labute approximate surface area is 107 Å². The molecule has 0 rings (SSSR count). The molecule has 6 heteroatoms. The van der Waals surface area contributed by atoms with Crippen molar-refractivity contribution in [3.63, 3.8) is 0 Å². The Hall–Kier alpha value is -0.750. The first kappa shape index (κ1) is 16.2. The van der Waals surface area contributed by atoms with Crippen LogP contribution in [0.15, 0.2) is 4.99 Å². The van der Waals surface area contributed by atoms with Gasteiger partial charge in [-0.25, -0.2) is 0 Å². The van der Waals surface area contributed by atoms with Crippen LogP contribution in [0.3, 0.4) is 0 Å². The number of carbonyl (C=O) groups is 1. The summed E-state index contributed by atoms with van der Waals surface area (Å²) >= 11 is 1.85. The molecule has 0 heterocycles. The van der Waals surface area contributed by atoms with Gasteiger partial charge < -0.3 is 16.6 Å². The van der Waals surface area contributed by atoms with Crippen LogP contribution < -0.4 is 11.5 Å². The second kappa shape index (κ2) is 9.30. The summed E-state index contributed by atoms with van der Waals surface area (Å²) in [6, 6.07) is -0.789. The van der Waals surface area contributed by atoms with Crippen LogP contribution in [-0.2, 0) is 4.79 Å². The quantitative estimate of drug-likeness (QED) is 0.327. The number of thioether (sulfide) groups is 1. The van der Waals surface area contributed by atoms with Gasteiger partial charge in [0.1, 0.15) is 6.04 Å². The van der Waals surface area contributed by atoms with Gasteiger partial charge in [0, 0.05) is 18.7 Å². The van der Waals surface area contributed by atoms with Gasteiger partial charge in [-0.05, 0) is 18.1 Å². The van der Waals surface area contributed by atoms with E-state index in [-0.39, 0.29) is 0 Å². The lowest BCUT2D eigenvalue weighted by atomic mass is 10.2. The molecular weight excluding hydrogens is 238 g/mol. The Morgan fingerprint density at radius 2 is 2.12 bits per heavy atom. The highest BCUT2D eigenvalue weighted by molar-refractivity contribution is 7.99. The predicted molar refractivity (Wildman–Crippen MR) is 73.5 cm³/mol. The molecule has 0 aliphatic heterocycles. The van der Waals surface area contributed by atoms with Gasteiger partial charge in [0.15, 0.2) is 0 Å². The molecular formula is C11H23N3O2S. The lowest BCUT2D eigenvalue weighted by molar-refractivity contribution is -0.138. The molecule has 0 aromatic heterocycles. The maximum atomic E-state index is 10.4. The molecule has 0 aliphatic carbocycles. The Morgan fingerprint density at radius 1 is 1.47 bits per heavy atom. The zero-order valence-electron chi connectivity index (χ0n) is 10.6. The minimum Gasteiger partial charge on any atom is -0.480 e. The molecule has 100 valence electrons. The molecule has 0 amide bonds. The third-order valence-electron chi connectivity index (χ3n) is 2.11. The van der Waals surface area contributed by atoms with E-state index in [1.54, 1.807) is 0 Å². The Kier molecular flexibility index (Phi) is 8.89. The van der Waals surface area contributed by atoms with E-state index in [1.165, 1.54) is 0 Å². The van der Waals surface area contributed by atoms with Gasteiger partial charge in [-0.1, -0.05) is 13.8 Å². The standard InChI is InChI=1S/C11H23N3O2S/c1-8(2)17-7-5-10(13)14-6-3-4-9(12)11(15)16/h8-9H,3-7,12H2,1-2H3,(H2,13,14)(H,15,16)/t9-/m0/s1. The molecule has 0 aromatic rings. The summed E-state index contributed by atoms with van der Waals surface area (Å²) in [5, 5.41) is 9.18. The molecule has 1 atom stereocenters. The minimum atomic E-state index is -0.963. The van der Waals surface area contributed by atoms with E-state index >= 15 is 0 Å². The summed E-state index contributed by atoms with van der Waals surface area (Å²) in [6.45, 7) is 4.84. The topological polar surface area (TPSA) is 102 Å². The van der Waals surface area contributed by atoms with Crippen molar-refractivity contribution >= 4 is 23.6 Å². The van der Waals surface area contributed by atoms with Crippen molar-refractivity contribution in [2.24, 2.45) is 16.5 Å². The smallest absolute Gasteiger partial charge is 0.320 e. The first-order chi connectivity index (χ1) is 7.93. The number of hydrogen-bond acceptors (Lipinski definition) is 4. The van der Waals surface area contributed by atoms with Gasteiger partial charge in [-0.2, -0.15) is 11.8 Å². The van der Waals surface area contributed by atoms with Crippen molar-refractivity contribution < 1.29 is 9.90 Å². The Balaban J connectivity index is 3.59. The summed E-state index contributed by atoms with van der Waals surface area (Å²) in [5.74, 6) is 0.652. The number of nitrogens with zero attached hydrogens (tertiary/aromatic N) is 1. The maximum absolute atomic E-state index is 10.4. The minimum absolute atomic E-state index is 0.437. The number of hydrogen-bond donors (Lipinski definition) is 3. The first-order valence-electron chi connectivity index (χ1n) is 5.82. The summed E-state index contributed by atoms with van der Waals surface area (Å²) in [7, 11) is 0. The number of rotatable bonds is 9. The van der Waals surface area contributed by atoms with Gasteiger partial charge in [-0.15, -0.1) is 0 Å². The molecule has 0 spiro atoms. The van der Waals surface area contributed by atoms with E-state index < -0.39 is 12.0 Å². The average molecular weight is 261 g/mol. The summed E-state index contributed by atoms with van der Waals surface area (Å²) in [4.78, 5) is 14.6. The molecule has 0 fully saturated rings. The molecule has 0 aromatic carbocycles. The lowest BCUT2D eigenvalue weighted by Crippen LogP contribution is -2.30. The van der Waals surface area contributed by atoms with Crippen molar-refractivity contribution in [3.8, 4) is 0 Å². The van der Waals surface area contributed by atoms with Crippen LogP contribution in [0.4, 0.5) is 0 Å². The number of carboxylic acid groups (broad SMARTS) is 1. The van der Waals surface area contributed by atoms with Gasteiger partial charge in [0.2, 0.25) is 0 Å². The summed E-state index contributed by atoms with van der Waals surface area (Å²) < 4.78 is 0. The summed E-state index contributed by atoms with van der Waals surface area (Å²) in [5.41, 5.74) is 11.1. The normalized spacial score (nSPS) is 14.0. The average Bonchev–Trinajstić information content (AvgIpc) is 2.23. The van der Waals surface area contributed by atoms with Crippen LogP contribution in [0, 0.1) is 0 Å². The second-order valence-electron chi connectivity index (χ2n) is 4.13. The highest BCUT2D eigenvalue weighted by atomic mass is 32.2. The zero-order valence-corrected chi connectivity index (χ0v) is 11.4.